The van der Waals surface area contributed by atoms with Gasteiger partial charge in [-0.15, -0.1) is 0 Å². The van der Waals surface area contributed by atoms with Crippen LogP contribution in [0.15, 0.2) is 24.3 Å². The van der Waals surface area contributed by atoms with Crippen molar-refractivity contribution in [2.75, 3.05) is 25.0 Å². The summed E-state index contributed by atoms with van der Waals surface area (Å²) >= 11 is 0. The number of benzene rings is 1. The normalized spacial score (nSPS) is 19.7. The zero-order valence-corrected chi connectivity index (χ0v) is 10.9. The first-order valence-corrected chi connectivity index (χ1v) is 6.36. The molecule has 0 radical (unpaired) electrons. The number of carbonyl (C=O) groups excluding carboxylic acids is 1. The summed E-state index contributed by atoms with van der Waals surface area (Å²) in [6.45, 7) is 3.74. The van der Waals surface area contributed by atoms with Crippen molar-refractivity contribution < 1.29 is 9.18 Å². The van der Waals surface area contributed by atoms with Gasteiger partial charge in [0.15, 0.2) is 0 Å². The summed E-state index contributed by atoms with van der Waals surface area (Å²) in [5.74, 6) is 0.225. The van der Waals surface area contributed by atoms with Gasteiger partial charge in [-0.3, -0.25) is 4.90 Å². The van der Waals surface area contributed by atoms with Gasteiger partial charge in [0.05, 0.1) is 0 Å². The molecule has 18 heavy (non-hydrogen) atoms. The Labute approximate surface area is 107 Å². The monoisotopic (exact) mass is 250 g/mol. The highest BCUT2D eigenvalue weighted by molar-refractivity contribution is 5.91. The molecule has 2 amide bonds. The van der Waals surface area contributed by atoms with Crippen LogP contribution in [-0.2, 0) is 0 Å². The summed E-state index contributed by atoms with van der Waals surface area (Å²) < 4.78 is 13.1. The number of urea groups is 1. The number of rotatable bonds is 1. The standard InChI is InChI=1S/C14H19FN2O/c1-11-5-4-8-17(10-11)14(18)16(2)13-7-3-6-12(15)9-13/h3,6-7,9,11H,4-5,8,10H2,1-2H3. The van der Waals surface area contributed by atoms with Gasteiger partial charge in [-0.05, 0) is 37.0 Å². The Morgan fingerprint density at radius 3 is 2.94 bits per heavy atom. The number of halogens is 1. The molecule has 4 heteroatoms. The lowest BCUT2D eigenvalue weighted by Gasteiger charge is -2.34. The molecule has 0 spiro atoms. The quantitative estimate of drug-likeness (QED) is 0.751. The number of piperidine rings is 1. The van der Waals surface area contributed by atoms with Crippen LogP contribution < -0.4 is 4.90 Å². The topological polar surface area (TPSA) is 23.6 Å². The number of amides is 2. The molecule has 98 valence electrons. The lowest BCUT2D eigenvalue weighted by molar-refractivity contribution is 0.177. The number of hydrogen-bond acceptors (Lipinski definition) is 1. The van der Waals surface area contributed by atoms with E-state index in [1.165, 1.54) is 23.5 Å². The Morgan fingerprint density at radius 2 is 2.28 bits per heavy atom. The predicted molar refractivity (Wildman–Crippen MR) is 70.2 cm³/mol. The van der Waals surface area contributed by atoms with Crippen molar-refractivity contribution >= 4 is 11.7 Å². The number of likely N-dealkylation sites (tertiary alicyclic amines) is 1. The second-order valence-corrected chi connectivity index (χ2v) is 5.01. The molecule has 1 aliphatic rings. The first-order chi connectivity index (χ1) is 8.58. The van der Waals surface area contributed by atoms with E-state index in [1.807, 2.05) is 4.90 Å². The molecule has 3 nitrogen and oxygen atoms in total. The first kappa shape index (κ1) is 12.9. The molecule has 1 atom stereocenters. The third-order valence-electron chi connectivity index (χ3n) is 3.41. The van der Waals surface area contributed by atoms with Crippen LogP contribution >= 0.6 is 0 Å². The molecule has 1 unspecified atom stereocenters. The molecule has 1 aromatic rings. The fourth-order valence-corrected chi connectivity index (χ4v) is 2.37. The van der Waals surface area contributed by atoms with Crippen molar-refractivity contribution in [2.45, 2.75) is 19.8 Å². The van der Waals surface area contributed by atoms with E-state index in [2.05, 4.69) is 6.92 Å². The van der Waals surface area contributed by atoms with E-state index in [-0.39, 0.29) is 11.8 Å². The van der Waals surface area contributed by atoms with Crippen molar-refractivity contribution in [1.82, 2.24) is 4.90 Å². The minimum Gasteiger partial charge on any atom is -0.324 e. The maximum Gasteiger partial charge on any atom is 0.324 e. The van der Waals surface area contributed by atoms with Crippen molar-refractivity contribution in [3.63, 3.8) is 0 Å². The number of hydrogen-bond donors (Lipinski definition) is 0. The Hall–Kier alpha value is -1.58. The predicted octanol–water partition coefficient (Wildman–Crippen LogP) is 3.11. The molecular weight excluding hydrogens is 231 g/mol. The lowest BCUT2D eigenvalue weighted by Crippen LogP contribution is -2.45. The van der Waals surface area contributed by atoms with E-state index in [1.54, 1.807) is 19.2 Å². The van der Waals surface area contributed by atoms with Crippen LogP contribution in [0.2, 0.25) is 0 Å². The van der Waals surface area contributed by atoms with E-state index >= 15 is 0 Å². The van der Waals surface area contributed by atoms with Crippen LogP contribution in [0.4, 0.5) is 14.9 Å². The third-order valence-corrected chi connectivity index (χ3v) is 3.41. The summed E-state index contributed by atoms with van der Waals surface area (Å²) in [6, 6.07) is 6.07. The first-order valence-electron chi connectivity index (χ1n) is 6.36. The molecule has 1 fully saturated rings. The average Bonchev–Trinajstić information content (AvgIpc) is 2.37. The Bertz CT molecular complexity index is 436. The van der Waals surface area contributed by atoms with Gasteiger partial charge in [-0.2, -0.15) is 0 Å². The van der Waals surface area contributed by atoms with Gasteiger partial charge in [-0.25, -0.2) is 9.18 Å². The Kier molecular flexibility index (Phi) is 3.84. The van der Waals surface area contributed by atoms with Gasteiger partial charge < -0.3 is 4.90 Å². The van der Waals surface area contributed by atoms with Gasteiger partial charge in [0, 0.05) is 25.8 Å². The van der Waals surface area contributed by atoms with Crippen LogP contribution in [0, 0.1) is 11.7 Å². The Morgan fingerprint density at radius 1 is 1.50 bits per heavy atom. The van der Waals surface area contributed by atoms with E-state index in [0.29, 0.717) is 11.6 Å². The van der Waals surface area contributed by atoms with Crippen molar-refractivity contribution in [2.24, 2.45) is 5.92 Å². The fourth-order valence-electron chi connectivity index (χ4n) is 2.37. The third kappa shape index (κ3) is 2.81. The highest BCUT2D eigenvalue weighted by atomic mass is 19.1. The van der Waals surface area contributed by atoms with Gasteiger partial charge in [-0.1, -0.05) is 13.0 Å². The second-order valence-electron chi connectivity index (χ2n) is 5.01. The van der Waals surface area contributed by atoms with Crippen LogP contribution in [-0.4, -0.2) is 31.1 Å². The molecule has 1 saturated heterocycles. The molecule has 1 aromatic carbocycles. The maximum absolute atomic E-state index is 13.1. The van der Waals surface area contributed by atoms with Crippen molar-refractivity contribution in [3.8, 4) is 0 Å². The molecule has 2 rings (SSSR count). The number of anilines is 1. The van der Waals surface area contributed by atoms with Crippen LogP contribution in [0.1, 0.15) is 19.8 Å². The van der Waals surface area contributed by atoms with Crippen LogP contribution in [0.5, 0.6) is 0 Å². The Balaban J connectivity index is 2.08. The molecular formula is C14H19FN2O. The van der Waals surface area contributed by atoms with Crippen molar-refractivity contribution in [1.29, 1.82) is 0 Å². The lowest BCUT2D eigenvalue weighted by atomic mass is 10.0. The zero-order valence-electron chi connectivity index (χ0n) is 10.9. The molecule has 0 aromatic heterocycles. The van der Waals surface area contributed by atoms with Gasteiger partial charge in [0.1, 0.15) is 5.82 Å². The van der Waals surface area contributed by atoms with Crippen molar-refractivity contribution in [3.05, 3.63) is 30.1 Å². The van der Waals surface area contributed by atoms with Crippen LogP contribution in [0.3, 0.4) is 0 Å². The molecule has 0 aliphatic carbocycles. The zero-order chi connectivity index (χ0) is 13.1. The van der Waals surface area contributed by atoms with Gasteiger partial charge >= 0.3 is 6.03 Å². The van der Waals surface area contributed by atoms with E-state index in [9.17, 15) is 9.18 Å². The smallest absolute Gasteiger partial charge is 0.324 e. The van der Waals surface area contributed by atoms with E-state index < -0.39 is 0 Å². The molecule has 1 aliphatic heterocycles. The summed E-state index contributed by atoms with van der Waals surface area (Å²) in [7, 11) is 1.69. The highest BCUT2D eigenvalue weighted by Crippen LogP contribution is 2.20. The summed E-state index contributed by atoms with van der Waals surface area (Å²) in [5.41, 5.74) is 0.596. The second kappa shape index (κ2) is 5.38. The molecule has 0 saturated carbocycles. The van der Waals surface area contributed by atoms with E-state index in [0.717, 1.165) is 19.5 Å². The fraction of sp³-hybridized carbons (Fsp3) is 0.500. The maximum atomic E-state index is 13.1. The summed E-state index contributed by atoms with van der Waals surface area (Å²) in [4.78, 5) is 15.6. The minimum atomic E-state index is -0.320. The largest absolute Gasteiger partial charge is 0.324 e. The number of carbonyl (C=O) groups is 1. The van der Waals surface area contributed by atoms with Crippen LogP contribution in [0.25, 0.3) is 0 Å². The summed E-state index contributed by atoms with van der Waals surface area (Å²) in [5, 5.41) is 0. The highest BCUT2D eigenvalue weighted by Gasteiger charge is 2.24. The minimum absolute atomic E-state index is 0.0489. The molecule has 1 heterocycles. The SMILES string of the molecule is CC1CCCN(C(=O)N(C)c2cccc(F)c2)C1. The molecule has 0 N–H and O–H groups in total. The average molecular weight is 250 g/mol. The van der Waals surface area contributed by atoms with Gasteiger partial charge in [0.2, 0.25) is 0 Å². The summed E-state index contributed by atoms with van der Waals surface area (Å²) in [6.07, 6.45) is 2.22. The molecule has 0 bridgehead atoms. The van der Waals surface area contributed by atoms with E-state index in [4.69, 9.17) is 0 Å². The number of nitrogens with zero attached hydrogens (tertiary/aromatic N) is 2. The van der Waals surface area contributed by atoms with Gasteiger partial charge in [0.25, 0.3) is 0 Å².